The summed E-state index contributed by atoms with van der Waals surface area (Å²) in [4.78, 5) is 24.7. The summed E-state index contributed by atoms with van der Waals surface area (Å²) >= 11 is 1.54. The van der Waals surface area contributed by atoms with Crippen LogP contribution in [-0.2, 0) is 9.59 Å². The molecule has 0 spiro atoms. The topological polar surface area (TPSA) is 49.4 Å². The summed E-state index contributed by atoms with van der Waals surface area (Å²) < 4.78 is 0. The van der Waals surface area contributed by atoms with Crippen molar-refractivity contribution in [2.75, 3.05) is 0 Å². The predicted molar refractivity (Wildman–Crippen MR) is 58.8 cm³/mol. The zero-order valence-corrected chi connectivity index (χ0v) is 9.85. The molecular weight excluding hydrogens is 212 g/mol. The molecule has 1 N–H and O–H groups in total. The van der Waals surface area contributed by atoms with Crippen LogP contribution in [0.15, 0.2) is 11.1 Å². The average Bonchev–Trinajstić information content (AvgIpc) is 2.38. The quantitative estimate of drug-likeness (QED) is 0.680. The normalized spacial score (nSPS) is 24.5. The van der Waals surface area contributed by atoms with Crippen LogP contribution in [0.5, 0.6) is 0 Å². The molecule has 15 heavy (non-hydrogen) atoms. The molecule has 0 aromatic rings. The van der Waals surface area contributed by atoms with Crippen molar-refractivity contribution in [2.45, 2.75) is 38.1 Å². The minimum Gasteiger partial charge on any atom is -0.346 e. The number of carbonyl (C=O) groups excluding carboxylic acids is 2. The van der Waals surface area contributed by atoms with E-state index in [1.54, 1.807) is 22.1 Å². The minimum absolute atomic E-state index is 0.0420. The first-order chi connectivity index (χ1) is 6.88. The zero-order chi connectivity index (χ0) is 11.2. The van der Waals surface area contributed by atoms with E-state index in [9.17, 15) is 9.59 Å². The molecule has 0 bridgehead atoms. The van der Waals surface area contributed by atoms with Crippen molar-refractivity contribution in [3.05, 3.63) is 11.1 Å². The lowest BCUT2D eigenvalue weighted by Gasteiger charge is -2.35. The SMILES string of the molecule is CC(C)(C)NC(=O)C1=CS[C@@H]2CC(=O)N12. The monoisotopic (exact) mass is 226 g/mol. The van der Waals surface area contributed by atoms with Gasteiger partial charge < -0.3 is 5.32 Å². The summed E-state index contributed by atoms with van der Waals surface area (Å²) in [6.45, 7) is 5.76. The van der Waals surface area contributed by atoms with Gasteiger partial charge >= 0.3 is 0 Å². The van der Waals surface area contributed by atoms with Gasteiger partial charge in [-0.3, -0.25) is 14.5 Å². The highest BCUT2D eigenvalue weighted by atomic mass is 32.2. The van der Waals surface area contributed by atoms with Crippen molar-refractivity contribution >= 4 is 23.6 Å². The second-order valence-corrected chi connectivity index (χ2v) is 5.82. The molecule has 5 heteroatoms. The summed E-state index contributed by atoms with van der Waals surface area (Å²) in [5.74, 6) is -0.120. The molecule has 2 amide bonds. The Labute approximate surface area is 93.1 Å². The molecule has 1 atom stereocenters. The number of hydrogen-bond donors (Lipinski definition) is 1. The second kappa shape index (κ2) is 3.27. The highest BCUT2D eigenvalue weighted by Gasteiger charge is 2.44. The van der Waals surface area contributed by atoms with E-state index in [-0.39, 0.29) is 22.7 Å². The van der Waals surface area contributed by atoms with Gasteiger partial charge in [0.2, 0.25) is 5.91 Å². The van der Waals surface area contributed by atoms with Gasteiger partial charge in [0.1, 0.15) is 5.70 Å². The van der Waals surface area contributed by atoms with E-state index in [2.05, 4.69) is 5.32 Å². The summed E-state index contributed by atoms with van der Waals surface area (Å²) in [5, 5.41) is 4.79. The van der Waals surface area contributed by atoms with Gasteiger partial charge in [0.25, 0.3) is 5.91 Å². The molecule has 4 nitrogen and oxygen atoms in total. The van der Waals surface area contributed by atoms with E-state index >= 15 is 0 Å². The standard InChI is InChI=1S/C10H14N2O2S/c1-10(2,3)11-9(14)6-5-15-8-4-7(13)12(6)8/h5,8H,4H2,1-3H3,(H,11,14)/t8-/m1/s1. The van der Waals surface area contributed by atoms with Crippen molar-refractivity contribution in [2.24, 2.45) is 0 Å². The molecule has 0 aliphatic carbocycles. The van der Waals surface area contributed by atoms with Crippen LogP contribution >= 0.6 is 11.8 Å². The fourth-order valence-corrected chi connectivity index (χ4v) is 2.65. The highest BCUT2D eigenvalue weighted by molar-refractivity contribution is 8.03. The van der Waals surface area contributed by atoms with E-state index in [4.69, 9.17) is 0 Å². The summed E-state index contributed by atoms with van der Waals surface area (Å²) in [7, 11) is 0. The fraction of sp³-hybridized carbons (Fsp3) is 0.600. The Morgan fingerprint density at radius 3 is 2.80 bits per heavy atom. The molecule has 0 unspecified atom stereocenters. The van der Waals surface area contributed by atoms with E-state index in [1.807, 2.05) is 20.8 Å². The van der Waals surface area contributed by atoms with Crippen LogP contribution in [0, 0.1) is 0 Å². The van der Waals surface area contributed by atoms with Crippen molar-refractivity contribution in [3.8, 4) is 0 Å². The lowest BCUT2D eigenvalue weighted by molar-refractivity contribution is -0.141. The number of fused-ring (bicyclic) bond motifs is 1. The van der Waals surface area contributed by atoms with E-state index in [0.29, 0.717) is 12.1 Å². The molecule has 0 radical (unpaired) electrons. The average molecular weight is 226 g/mol. The number of rotatable bonds is 1. The number of β-lactam (4-membered cyclic amide) rings is 1. The number of carbonyl (C=O) groups is 2. The highest BCUT2D eigenvalue weighted by Crippen LogP contribution is 2.40. The van der Waals surface area contributed by atoms with Gasteiger partial charge in [-0.1, -0.05) is 0 Å². The maximum Gasteiger partial charge on any atom is 0.268 e. The van der Waals surface area contributed by atoms with Crippen LogP contribution in [0.25, 0.3) is 0 Å². The first kappa shape index (κ1) is 10.5. The Hall–Kier alpha value is -0.970. The Balaban J connectivity index is 2.06. The van der Waals surface area contributed by atoms with Crippen LogP contribution < -0.4 is 5.32 Å². The minimum atomic E-state index is -0.269. The number of hydrogen-bond acceptors (Lipinski definition) is 3. The molecule has 2 rings (SSSR count). The molecule has 0 saturated carbocycles. The van der Waals surface area contributed by atoms with Crippen LogP contribution in [0.2, 0.25) is 0 Å². The zero-order valence-electron chi connectivity index (χ0n) is 9.03. The lowest BCUT2D eigenvalue weighted by Crippen LogP contribution is -2.52. The second-order valence-electron chi connectivity index (χ2n) is 4.77. The maximum atomic E-state index is 11.8. The molecule has 2 heterocycles. The molecule has 82 valence electrons. The number of nitrogens with one attached hydrogen (secondary N) is 1. The third-order valence-electron chi connectivity index (χ3n) is 2.22. The van der Waals surface area contributed by atoms with Gasteiger partial charge in [0, 0.05) is 10.9 Å². The molecular formula is C10H14N2O2S. The molecule has 0 aromatic carbocycles. The largest absolute Gasteiger partial charge is 0.346 e. The van der Waals surface area contributed by atoms with Crippen molar-refractivity contribution < 1.29 is 9.59 Å². The van der Waals surface area contributed by atoms with Crippen LogP contribution in [-0.4, -0.2) is 27.6 Å². The molecule has 2 aliphatic rings. The van der Waals surface area contributed by atoms with Gasteiger partial charge in [0.15, 0.2) is 0 Å². The fourth-order valence-electron chi connectivity index (χ4n) is 1.55. The predicted octanol–water partition coefficient (Wildman–Crippen LogP) is 1.05. The molecule has 0 aromatic heterocycles. The Morgan fingerprint density at radius 1 is 1.60 bits per heavy atom. The third-order valence-corrected chi connectivity index (χ3v) is 3.27. The maximum absolute atomic E-state index is 11.8. The number of thioether (sulfide) groups is 1. The van der Waals surface area contributed by atoms with E-state index in [0.717, 1.165) is 0 Å². The number of nitrogens with zero attached hydrogens (tertiary/aromatic N) is 1. The first-order valence-electron chi connectivity index (χ1n) is 4.89. The molecule has 1 fully saturated rings. The van der Waals surface area contributed by atoms with Crippen LogP contribution in [0.3, 0.4) is 0 Å². The van der Waals surface area contributed by atoms with Crippen molar-refractivity contribution in [1.29, 1.82) is 0 Å². The van der Waals surface area contributed by atoms with Gasteiger partial charge in [-0.2, -0.15) is 0 Å². The first-order valence-corrected chi connectivity index (χ1v) is 5.83. The Morgan fingerprint density at radius 2 is 2.27 bits per heavy atom. The Kier molecular flexibility index (Phi) is 2.30. The number of amides is 2. The molecule has 2 aliphatic heterocycles. The van der Waals surface area contributed by atoms with Gasteiger partial charge in [-0.25, -0.2) is 0 Å². The van der Waals surface area contributed by atoms with E-state index in [1.165, 1.54) is 0 Å². The van der Waals surface area contributed by atoms with Gasteiger partial charge in [0.05, 0.1) is 11.8 Å². The third kappa shape index (κ3) is 1.88. The molecule has 1 saturated heterocycles. The van der Waals surface area contributed by atoms with Gasteiger partial charge in [-0.05, 0) is 20.8 Å². The summed E-state index contributed by atoms with van der Waals surface area (Å²) in [6, 6.07) is 0. The summed E-state index contributed by atoms with van der Waals surface area (Å²) in [5.41, 5.74) is 0.227. The van der Waals surface area contributed by atoms with Crippen LogP contribution in [0.4, 0.5) is 0 Å². The van der Waals surface area contributed by atoms with Gasteiger partial charge in [-0.15, -0.1) is 11.8 Å². The summed E-state index contributed by atoms with van der Waals surface area (Å²) in [6.07, 6.45) is 0.549. The van der Waals surface area contributed by atoms with E-state index < -0.39 is 0 Å². The van der Waals surface area contributed by atoms with Crippen molar-refractivity contribution in [3.63, 3.8) is 0 Å². The Bertz CT molecular complexity index is 357. The smallest absolute Gasteiger partial charge is 0.268 e. The van der Waals surface area contributed by atoms with Crippen molar-refractivity contribution in [1.82, 2.24) is 10.2 Å². The van der Waals surface area contributed by atoms with Crippen LogP contribution in [0.1, 0.15) is 27.2 Å². The lowest BCUT2D eigenvalue weighted by atomic mass is 10.1.